The summed E-state index contributed by atoms with van der Waals surface area (Å²) in [4.78, 5) is 25.3. The van der Waals surface area contributed by atoms with Gasteiger partial charge in [-0.3, -0.25) is 4.79 Å². The van der Waals surface area contributed by atoms with E-state index >= 15 is 0 Å². The minimum Gasteiger partial charge on any atom is -0.496 e. The highest BCUT2D eigenvalue weighted by molar-refractivity contribution is 5.92. The number of halogens is 3. The molecule has 0 unspecified atom stereocenters. The smallest absolute Gasteiger partial charge is 0.450 e. The van der Waals surface area contributed by atoms with Crippen molar-refractivity contribution >= 4 is 16.9 Å². The first-order valence-corrected chi connectivity index (χ1v) is 9.38. The number of alkyl halides is 3. The number of esters is 1. The Kier molecular flexibility index (Phi) is 5.44. The summed E-state index contributed by atoms with van der Waals surface area (Å²) in [5.41, 5.74) is -1.69. The molecule has 0 saturated carbocycles. The maximum Gasteiger partial charge on any atom is 0.450 e. The van der Waals surface area contributed by atoms with Crippen LogP contribution in [0.3, 0.4) is 0 Å². The zero-order valence-electron chi connectivity index (χ0n) is 16.6. The average Bonchev–Trinajstić information content (AvgIpc) is 2.79. The van der Waals surface area contributed by atoms with Crippen molar-refractivity contribution < 1.29 is 31.9 Å². The molecule has 4 aromatic rings. The normalized spacial score (nSPS) is 11.4. The fourth-order valence-corrected chi connectivity index (χ4v) is 3.27. The zero-order chi connectivity index (χ0) is 22.9. The molecule has 0 aliphatic rings. The van der Waals surface area contributed by atoms with Gasteiger partial charge in [-0.1, -0.05) is 36.4 Å². The molecule has 162 valence electrons. The van der Waals surface area contributed by atoms with Gasteiger partial charge in [0, 0.05) is 11.6 Å². The second-order valence-corrected chi connectivity index (χ2v) is 6.75. The van der Waals surface area contributed by atoms with Crippen LogP contribution in [0.25, 0.3) is 22.1 Å². The van der Waals surface area contributed by atoms with E-state index in [1.807, 2.05) is 0 Å². The van der Waals surface area contributed by atoms with Crippen LogP contribution < -0.4 is 14.9 Å². The predicted molar refractivity (Wildman–Crippen MR) is 111 cm³/mol. The maximum atomic E-state index is 13.9. The molecule has 32 heavy (non-hydrogen) atoms. The number of fused-ring (bicyclic) bond motifs is 1. The molecule has 3 aromatic carbocycles. The molecule has 0 radical (unpaired) electrons. The first-order valence-electron chi connectivity index (χ1n) is 9.38. The molecule has 1 aromatic heterocycles. The Morgan fingerprint density at radius 1 is 0.938 bits per heavy atom. The summed E-state index contributed by atoms with van der Waals surface area (Å²) in [6.45, 7) is 0. The molecule has 0 amide bonds. The Morgan fingerprint density at radius 3 is 2.31 bits per heavy atom. The molecule has 0 aliphatic heterocycles. The number of ether oxygens (including phenoxy) is 2. The highest BCUT2D eigenvalue weighted by Gasteiger charge is 2.40. The topological polar surface area (TPSA) is 65.7 Å². The van der Waals surface area contributed by atoms with Crippen molar-refractivity contribution in [2.75, 3.05) is 7.11 Å². The van der Waals surface area contributed by atoms with Crippen molar-refractivity contribution in [3.8, 4) is 22.6 Å². The van der Waals surface area contributed by atoms with Gasteiger partial charge in [-0.15, -0.1) is 0 Å². The quantitative estimate of drug-likeness (QED) is 0.301. The molecule has 0 aliphatic carbocycles. The second kappa shape index (κ2) is 8.22. The minimum atomic E-state index is -4.96. The van der Waals surface area contributed by atoms with Crippen LogP contribution in [-0.2, 0) is 6.18 Å². The van der Waals surface area contributed by atoms with Crippen LogP contribution in [0.4, 0.5) is 13.2 Å². The van der Waals surface area contributed by atoms with Crippen LogP contribution in [0.15, 0.2) is 82.0 Å². The summed E-state index contributed by atoms with van der Waals surface area (Å²) in [5.74, 6) is -2.13. The Labute approximate surface area is 179 Å². The van der Waals surface area contributed by atoms with Gasteiger partial charge >= 0.3 is 12.1 Å². The summed E-state index contributed by atoms with van der Waals surface area (Å²) in [5, 5.41) is -0.0987. The molecule has 0 spiro atoms. The van der Waals surface area contributed by atoms with Crippen molar-refractivity contribution in [1.82, 2.24) is 0 Å². The molecule has 0 N–H and O–H groups in total. The molecule has 5 nitrogen and oxygen atoms in total. The Bertz CT molecular complexity index is 1360. The van der Waals surface area contributed by atoms with E-state index in [-0.39, 0.29) is 33.6 Å². The number of hydrogen-bond donors (Lipinski definition) is 0. The van der Waals surface area contributed by atoms with Crippen LogP contribution in [0.1, 0.15) is 16.1 Å². The number of methoxy groups -OCH3 is 1. The van der Waals surface area contributed by atoms with Gasteiger partial charge in [0.05, 0.1) is 23.6 Å². The molecule has 0 bridgehead atoms. The summed E-state index contributed by atoms with van der Waals surface area (Å²) in [7, 11) is 1.29. The van der Waals surface area contributed by atoms with Gasteiger partial charge in [0.15, 0.2) is 0 Å². The van der Waals surface area contributed by atoms with Crippen LogP contribution in [0.5, 0.6) is 11.5 Å². The highest BCUT2D eigenvalue weighted by atomic mass is 19.4. The fourth-order valence-electron chi connectivity index (χ4n) is 3.27. The number of benzene rings is 3. The lowest BCUT2D eigenvalue weighted by Crippen LogP contribution is -2.16. The van der Waals surface area contributed by atoms with Crippen LogP contribution in [0, 0.1) is 0 Å². The van der Waals surface area contributed by atoms with Gasteiger partial charge in [-0.05, 0) is 30.3 Å². The molecule has 0 saturated heterocycles. The molecule has 8 heteroatoms. The summed E-state index contributed by atoms with van der Waals surface area (Å²) >= 11 is 0. The third-order valence-electron chi connectivity index (χ3n) is 4.72. The highest BCUT2D eigenvalue weighted by Crippen LogP contribution is 2.40. The molecule has 0 atom stereocenters. The van der Waals surface area contributed by atoms with Crippen LogP contribution in [0.2, 0.25) is 0 Å². The van der Waals surface area contributed by atoms with E-state index in [9.17, 15) is 22.8 Å². The van der Waals surface area contributed by atoms with Crippen molar-refractivity contribution in [2.24, 2.45) is 0 Å². The molecule has 0 fully saturated rings. The number of hydrogen-bond acceptors (Lipinski definition) is 5. The first kappa shape index (κ1) is 21.2. The van der Waals surface area contributed by atoms with E-state index in [1.54, 1.807) is 24.3 Å². The Balaban J connectivity index is 1.87. The van der Waals surface area contributed by atoms with Crippen molar-refractivity contribution in [1.29, 1.82) is 0 Å². The average molecular weight is 440 g/mol. The van der Waals surface area contributed by atoms with Gasteiger partial charge in [-0.2, -0.15) is 13.2 Å². The number of rotatable bonds is 4. The van der Waals surface area contributed by atoms with E-state index in [2.05, 4.69) is 0 Å². The largest absolute Gasteiger partial charge is 0.496 e. The minimum absolute atomic E-state index is 0.0439. The van der Waals surface area contributed by atoms with Gasteiger partial charge in [0.25, 0.3) is 0 Å². The molecular weight excluding hydrogens is 425 g/mol. The van der Waals surface area contributed by atoms with E-state index in [0.717, 1.165) is 6.07 Å². The third-order valence-corrected chi connectivity index (χ3v) is 4.72. The van der Waals surface area contributed by atoms with Crippen molar-refractivity contribution in [3.05, 3.63) is 94.3 Å². The SMILES string of the molecule is COc1ccccc1-c1c(C(F)(F)F)oc2cc(OC(=O)c3ccccc3)ccc2c1=O. The molecule has 4 rings (SSSR count). The molecular formula is C24H15F3O5. The predicted octanol–water partition coefficient (Wildman–Crippen LogP) is 5.71. The lowest BCUT2D eigenvalue weighted by molar-refractivity contribution is -0.152. The van der Waals surface area contributed by atoms with E-state index < -0.39 is 28.9 Å². The third kappa shape index (κ3) is 3.94. The van der Waals surface area contributed by atoms with Gasteiger partial charge in [0.1, 0.15) is 17.1 Å². The Morgan fingerprint density at radius 2 is 1.62 bits per heavy atom. The summed E-state index contributed by atoms with van der Waals surface area (Å²) in [6.07, 6.45) is -4.96. The summed E-state index contributed by atoms with van der Waals surface area (Å²) in [6, 6.07) is 17.6. The maximum absolute atomic E-state index is 13.9. The van der Waals surface area contributed by atoms with Crippen LogP contribution >= 0.6 is 0 Å². The standard InChI is InChI=1S/C24H15F3O5/c1-30-18-10-6-5-9-16(18)20-21(28)17-12-11-15(13-19(17)32-22(20)24(25,26)27)31-23(29)14-7-3-2-4-8-14/h2-13H,1H3. The zero-order valence-corrected chi connectivity index (χ0v) is 16.6. The number of para-hydroxylation sites is 1. The second-order valence-electron chi connectivity index (χ2n) is 6.75. The lowest BCUT2D eigenvalue weighted by Gasteiger charge is -2.15. The van der Waals surface area contributed by atoms with Gasteiger partial charge in [-0.25, -0.2) is 4.79 Å². The van der Waals surface area contributed by atoms with Crippen molar-refractivity contribution in [2.45, 2.75) is 6.18 Å². The Hall–Kier alpha value is -4.07. The fraction of sp³-hybridized carbons (Fsp3) is 0.0833. The number of carbonyl (C=O) groups is 1. The van der Waals surface area contributed by atoms with Gasteiger partial charge in [0.2, 0.25) is 11.2 Å². The van der Waals surface area contributed by atoms with Crippen molar-refractivity contribution in [3.63, 3.8) is 0 Å². The first-order chi connectivity index (χ1) is 15.3. The number of carbonyl (C=O) groups excluding carboxylic acids is 1. The van der Waals surface area contributed by atoms with Crippen LogP contribution in [-0.4, -0.2) is 13.1 Å². The molecule has 1 heterocycles. The van der Waals surface area contributed by atoms with E-state index in [4.69, 9.17) is 13.9 Å². The van der Waals surface area contributed by atoms with E-state index in [1.165, 1.54) is 49.6 Å². The lowest BCUT2D eigenvalue weighted by atomic mass is 10.0. The monoisotopic (exact) mass is 440 g/mol. The van der Waals surface area contributed by atoms with Gasteiger partial charge < -0.3 is 13.9 Å². The summed E-state index contributed by atoms with van der Waals surface area (Å²) < 4.78 is 57.1. The van der Waals surface area contributed by atoms with E-state index in [0.29, 0.717) is 0 Å².